The molecule has 2 amide bonds. The predicted octanol–water partition coefficient (Wildman–Crippen LogP) is 1.17. The number of hydrogen-bond donors (Lipinski definition) is 2. The minimum Gasteiger partial charge on any atom is -0.345 e. The molecule has 2 aromatic heterocycles. The first kappa shape index (κ1) is 16.8. The Labute approximate surface area is 152 Å². The number of aromatic nitrogens is 3. The molecule has 0 radical (unpaired) electrons. The molecule has 8 heteroatoms. The fourth-order valence-corrected chi connectivity index (χ4v) is 3.78. The molecular formula is C18H24N6O2. The van der Waals surface area contributed by atoms with Crippen LogP contribution in [0, 0.1) is 0 Å². The van der Waals surface area contributed by atoms with Gasteiger partial charge in [-0.1, -0.05) is 0 Å². The Morgan fingerprint density at radius 2 is 2.04 bits per heavy atom. The van der Waals surface area contributed by atoms with Gasteiger partial charge in [-0.05, 0) is 32.5 Å². The van der Waals surface area contributed by atoms with Gasteiger partial charge in [-0.2, -0.15) is 5.10 Å². The number of H-pyrrole nitrogens is 1. The monoisotopic (exact) mass is 356 g/mol. The SMILES string of the molecule is CC(=O)Nc1n[nH]c2c1CCn1cc(C(=O)N3CCCN(C)CC3)cc1-2. The first-order valence-electron chi connectivity index (χ1n) is 9.06. The number of carbonyl (C=O) groups is 2. The van der Waals surface area contributed by atoms with E-state index in [1.807, 2.05) is 17.2 Å². The molecule has 2 aliphatic heterocycles. The molecule has 2 aliphatic rings. The molecule has 1 fully saturated rings. The highest BCUT2D eigenvalue weighted by molar-refractivity contribution is 5.96. The molecule has 8 nitrogen and oxygen atoms in total. The summed E-state index contributed by atoms with van der Waals surface area (Å²) in [7, 11) is 2.09. The Morgan fingerprint density at radius 1 is 1.19 bits per heavy atom. The molecule has 0 unspecified atom stereocenters. The zero-order chi connectivity index (χ0) is 18.3. The van der Waals surface area contributed by atoms with Crippen LogP contribution in [-0.4, -0.2) is 69.6 Å². The number of fused-ring (bicyclic) bond motifs is 3. The van der Waals surface area contributed by atoms with Crippen molar-refractivity contribution in [3.05, 3.63) is 23.4 Å². The minimum absolute atomic E-state index is 0.0883. The molecule has 0 atom stereocenters. The number of amides is 2. The Hall–Kier alpha value is -2.61. The lowest BCUT2D eigenvalue weighted by atomic mass is 10.1. The molecule has 2 N–H and O–H groups in total. The Balaban J connectivity index is 1.60. The molecule has 0 spiro atoms. The molecule has 26 heavy (non-hydrogen) atoms. The second-order valence-corrected chi connectivity index (χ2v) is 7.11. The fraction of sp³-hybridized carbons (Fsp3) is 0.500. The van der Waals surface area contributed by atoms with E-state index in [1.54, 1.807) is 0 Å². The first-order valence-corrected chi connectivity index (χ1v) is 9.06. The third-order valence-corrected chi connectivity index (χ3v) is 5.17. The Morgan fingerprint density at radius 3 is 2.85 bits per heavy atom. The number of aromatic amines is 1. The number of likely N-dealkylation sites (N-methyl/N-ethyl adjacent to an activating group) is 1. The van der Waals surface area contributed by atoms with Crippen LogP contribution in [0.5, 0.6) is 0 Å². The summed E-state index contributed by atoms with van der Waals surface area (Å²) in [6, 6.07) is 1.94. The molecule has 0 saturated carbocycles. The standard InChI is InChI=1S/C18H24N6O2/c1-12(25)19-17-14-4-7-24-11-13(10-15(24)16(14)20-21-17)18(26)23-6-3-5-22(2)8-9-23/h10-11H,3-9H2,1-2H3,(H2,19,20,21,25). The highest BCUT2D eigenvalue weighted by Gasteiger charge is 2.26. The van der Waals surface area contributed by atoms with E-state index < -0.39 is 0 Å². The van der Waals surface area contributed by atoms with Crippen LogP contribution >= 0.6 is 0 Å². The number of carbonyl (C=O) groups excluding carboxylic acids is 2. The summed E-state index contributed by atoms with van der Waals surface area (Å²) in [5.74, 6) is 0.538. The van der Waals surface area contributed by atoms with Crippen LogP contribution in [0.1, 0.15) is 29.3 Å². The number of nitrogens with one attached hydrogen (secondary N) is 2. The van der Waals surface area contributed by atoms with Crippen LogP contribution in [0.15, 0.2) is 12.3 Å². The summed E-state index contributed by atoms with van der Waals surface area (Å²) in [6.07, 6.45) is 3.71. The fourth-order valence-electron chi connectivity index (χ4n) is 3.78. The number of aryl methyl sites for hydroxylation is 1. The predicted molar refractivity (Wildman–Crippen MR) is 98.0 cm³/mol. The summed E-state index contributed by atoms with van der Waals surface area (Å²) in [4.78, 5) is 28.5. The van der Waals surface area contributed by atoms with Gasteiger partial charge in [0.15, 0.2) is 5.82 Å². The number of rotatable bonds is 2. The Bertz CT molecular complexity index is 852. The zero-order valence-corrected chi connectivity index (χ0v) is 15.2. The van der Waals surface area contributed by atoms with Crippen LogP contribution < -0.4 is 5.32 Å². The minimum atomic E-state index is -0.137. The van der Waals surface area contributed by atoms with Gasteiger partial charge in [-0.3, -0.25) is 14.7 Å². The van der Waals surface area contributed by atoms with E-state index >= 15 is 0 Å². The lowest BCUT2D eigenvalue weighted by Gasteiger charge is -2.19. The largest absolute Gasteiger partial charge is 0.345 e. The van der Waals surface area contributed by atoms with Crippen molar-refractivity contribution in [2.75, 3.05) is 38.5 Å². The van der Waals surface area contributed by atoms with E-state index in [4.69, 9.17) is 0 Å². The van der Waals surface area contributed by atoms with Crippen LogP contribution in [0.2, 0.25) is 0 Å². The maximum absolute atomic E-state index is 13.0. The van der Waals surface area contributed by atoms with E-state index in [0.717, 1.165) is 62.5 Å². The van der Waals surface area contributed by atoms with Crippen LogP contribution in [-0.2, 0) is 17.8 Å². The van der Waals surface area contributed by atoms with Crippen molar-refractivity contribution in [1.82, 2.24) is 24.6 Å². The lowest BCUT2D eigenvalue weighted by Crippen LogP contribution is -2.34. The van der Waals surface area contributed by atoms with Gasteiger partial charge in [0.2, 0.25) is 5.91 Å². The summed E-state index contributed by atoms with van der Waals surface area (Å²) < 4.78 is 2.09. The van der Waals surface area contributed by atoms with Crippen LogP contribution in [0.4, 0.5) is 5.82 Å². The summed E-state index contributed by atoms with van der Waals surface area (Å²) in [5.41, 5.74) is 3.55. The van der Waals surface area contributed by atoms with Gasteiger partial charge in [0.1, 0.15) is 0 Å². The van der Waals surface area contributed by atoms with E-state index in [0.29, 0.717) is 11.4 Å². The molecule has 4 heterocycles. The van der Waals surface area contributed by atoms with Gasteiger partial charge in [0.25, 0.3) is 5.91 Å². The van der Waals surface area contributed by atoms with Crippen molar-refractivity contribution in [3.63, 3.8) is 0 Å². The maximum atomic E-state index is 13.0. The van der Waals surface area contributed by atoms with Crippen molar-refractivity contribution in [2.45, 2.75) is 26.3 Å². The van der Waals surface area contributed by atoms with Crippen molar-refractivity contribution in [3.8, 4) is 11.4 Å². The van der Waals surface area contributed by atoms with E-state index in [2.05, 4.69) is 32.0 Å². The quantitative estimate of drug-likeness (QED) is 0.846. The van der Waals surface area contributed by atoms with Crippen LogP contribution in [0.3, 0.4) is 0 Å². The van der Waals surface area contributed by atoms with Crippen molar-refractivity contribution in [2.24, 2.45) is 0 Å². The number of hydrogen-bond acceptors (Lipinski definition) is 4. The molecule has 138 valence electrons. The molecule has 4 rings (SSSR count). The molecule has 0 aliphatic carbocycles. The van der Waals surface area contributed by atoms with Gasteiger partial charge in [0.05, 0.1) is 17.0 Å². The van der Waals surface area contributed by atoms with Crippen LogP contribution in [0.25, 0.3) is 11.4 Å². The van der Waals surface area contributed by atoms with E-state index in [1.165, 1.54) is 6.92 Å². The molecule has 2 aromatic rings. The number of anilines is 1. The summed E-state index contributed by atoms with van der Waals surface area (Å²) in [5, 5.41) is 10.0. The third-order valence-electron chi connectivity index (χ3n) is 5.17. The summed E-state index contributed by atoms with van der Waals surface area (Å²) in [6.45, 7) is 5.74. The first-order chi connectivity index (χ1) is 12.5. The van der Waals surface area contributed by atoms with Crippen molar-refractivity contribution >= 4 is 17.6 Å². The van der Waals surface area contributed by atoms with Gasteiger partial charge in [-0.15, -0.1) is 0 Å². The average molecular weight is 356 g/mol. The molecule has 1 saturated heterocycles. The maximum Gasteiger partial charge on any atom is 0.255 e. The van der Waals surface area contributed by atoms with Gasteiger partial charge in [0, 0.05) is 44.9 Å². The average Bonchev–Trinajstić information content (AvgIpc) is 3.14. The topological polar surface area (TPSA) is 86.3 Å². The molecule has 0 aromatic carbocycles. The van der Waals surface area contributed by atoms with E-state index in [-0.39, 0.29) is 11.8 Å². The normalized spacial score (nSPS) is 17.4. The highest BCUT2D eigenvalue weighted by Crippen LogP contribution is 2.33. The smallest absolute Gasteiger partial charge is 0.255 e. The van der Waals surface area contributed by atoms with Gasteiger partial charge >= 0.3 is 0 Å². The highest BCUT2D eigenvalue weighted by atomic mass is 16.2. The van der Waals surface area contributed by atoms with Crippen molar-refractivity contribution in [1.29, 1.82) is 0 Å². The van der Waals surface area contributed by atoms with Gasteiger partial charge < -0.3 is 19.7 Å². The molecule has 0 bridgehead atoms. The third kappa shape index (κ3) is 3.01. The second kappa shape index (κ2) is 6.60. The Kier molecular flexibility index (Phi) is 4.28. The molecular weight excluding hydrogens is 332 g/mol. The lowest BCUT2D eigenvalue weighted by molar-refractivity contribution is -0.114. The zero-order valence-electron chi connectivity index (χ0n) is 15.2. The second-order valence-electron chi connectivity index (χ2n) is 7.11. The van der Waals surface area contributed by atoms with Gasteiger partial charge in [-0.25, -0.2) is 0 Å². The summed E-state index contributed by atoms with van der Waals surface area (Å²) >= 11 is 0. The van der Waals surface area contributed by atoms with E-state index in [9.17, 15) is 9.59 Å². The number of nitrogens with zero attached hydrogens (tertiary/aromatic N) is 4. The van der Waals surface area contributed by atoms with Crippen molar-refractivity contribution < 1.29 is 9.59 Å².